The minimum Gasteiger partial charge on any atom is -0.394 e. The fourth-order valence-electron chi connectivity index (χ4n) is 10.9. The van der Waals surface area contributed by atoms with Crippen molar-refractivity contribution in [2.75, 3.05) is 46.2 Å². The summed E-state index contributed by atoms with van der Waals surface area (Å²) in [5, 5.41) is 186. The highest BCUT2D eigenvalue weighted by molar-refractivity contribution is 5.07. The monoisotopic (exact) mass is 1100 g/mol. The van der Waals surface area contributed by atoms with Crippen LogP contribution in [0.4, 0.5) is 0 Å². The standard InChI is InChI=1S/C42H66O33/c43-1-8-25-15(50)20(55)36(60-8)70-26-9(2-44)62-38(22(57)16(26)51)72-28-11(4-46)64-40(24(59)18(28)53)74-30-13(6-48)66-42(35-32(30)67-35)75-31-14(7-49)65-41(34-33(31)68-34)73-29-12(5-47)63-39(23(58)19(29)54)71-27-10(3-45)61-37(69-25)21(56)17(27)52/h8-59H,1-7H2/t8-,9-,10-,11-,12-,13-,14-,15-,16-,17-,18-,19-,20-,21-,22-,23-,24-,25-,26-,27-,28-,29-,30-,31-,32+,33-,34+,35+,36-,37-,38-,39-,40-,41-,42-/m1/s1. The molecule has 33 heteroatoms. The maximum Gasteiger partial charge on any atom is 0.187 e. The SMILES string of the molecule is OC[C@H]1O[C@@H]2O[C@H]3[C@H](O)[C@@H](O)[C@@H](O[C@H]4[C@H](O)[C@@H](O)[C@@H](O[C@H]5[C@@H]6O[C@@H]6[C@@H](O[C@H]6[C@H]7O[C@@H]7[C@@H](O[C@H]7[C@H](O)[C@@H](O)[C@@H](O[C@H]8[C@H](O)[C@@H](O)[C@@H](O[C@H]1[C@H](O)[C@H]2O)O[C@@H]8CO)O[C@@H]7CO)O[C@@H]6CO)O[C@@H]5CO)O[C@@H]4CO)O[C@@H]3CO. The van der Waals surface area contributed by atoms with Crippen LogP contribution in [0.3, 0.4) is 0 Å². The van der Waals surface area contributed by atoms with Crippen molar-refractivity contribution in [2.24, 2.45) is 0 Å². The molecule has 14 bridgehead atoms. The maximum absolute atomic E-state index is 11.4. The molecule has 0 aromatic rings. The lowest BCUT2D eigenvalue weighted by molar-refractivity contribution is -0.395. The summed E-state index contributed by atoms with van der Waals surface area (Å²) < 4.78 is 93.6. The van der Waals surface area contributed by atoms with Gasteiger partial charge in [0.25, 0.3) is 0 Å². The summed E-state index contributed by atoms with van der Waals surface area (Å²) in [6.45, 7) is -6.20. The summed E-state index contributed by atoms with van der Waals surface area (Å²) in [7, 11) is 0. The lowest BCUT2D eigenvalue weighted by Gasteiger charge is -2.49. The zero-order chi connectivity index (χ0) is 53.5. The Kier molecular flexibility index (Phi) is 17.7. The Hall–Kier alpha value is -1.32. The summed E-state index contributed by atoms with van der Waals surface area (Å²) in [5.74, 6) is 0. The second-order valence-corrected chi connectivity index (χ2v) is 19.8. The van der Waals surface area contributed by atoms with Crippen LogP contribution in [0, 0.1) is 0 Å². The largest absolute Gasteiger partial charge is 0.394 e. The van der Waals surface area contributed by atoms with E-state index in [9.17, 15) is 86.8 Å². The normalized spacial score (nSPS) is 57.3. The van der Waals surface area contributed by atoms with Crippen LogP contribution in [0.2, 0.25) is 0 Å². The Morgan fingerprint density at radius 3 is 0.560 bits per heavy atom. The molecule has 33 nitrogen and oxygen atoms in total. The number of epoxide rings is 2. The quantitative estimate of drug-likeness (QED) is 0.105. The van der Waals surface area contributed by atoms with Crippen LogP contribution >= 0.6 is 0 Å². The Bertz CT molecular complexity index is 1860. The predicted octanol–water partition coefficient (Wildman–Crippen LogP) is -13.1. The van der Waals surface area contributed by atoms with Crippen molar-refractivity contribution < 1.29 is 163 Å². The van der Waals surface area contributed by atoms with Crippen LogP contribution in [0.1, 0.15) is 0 Å². The molecule has 0 amide bonds. The van der Waals surface area contributed by atoms with Gasteiger partial charge in [0, 0.05) is 0 Å². The van der Waals surface area contributed by atoms with Crippen molar-refractivity contribution in [1.29, 1.82) is 0 Å². The number of ether oxygens (including phenoxy) is 16. The summed E-state index contributed by atoms with van der Waals surface area (Å²) in [5.41, 5.74) is 0. The van der Waals surface area contributed by atoms with E-state index in [2.05, 4.69) is 0 Å². The van der Waals surface area contributed by atoms with Gasteiger partial charge >= 0.3 is 0 Å². The summed E-state index contributed by atoms with van der Waals surface area (Å²) >= 11 is 0. The lowest BCUT2D eigenvalue weighted by Crippen LogP contribution is -2.68. The van der Waals surface area contributed by atoms with E-state index in [1.54, 1.807) is 0 Å². The third kappa shape index (κ3) is 10.6. The van der Waals surface area contributed by atoms with Crippen LogP contribution in [0.25, 0.3) is 0 Å². The van der Waals surface area contributed by atoms with E-state index in [-0.39, 0.29) is 0 Å². The zero-order valence-corrected chi connectivity index (χ0v) is 39.3. The maximum atomic E-state index is 11.4. The van der Waals surface area contributed by atoms with E-state index in [0.29, 0.717) is 0 Å². The first kappa shape index (κ1) is 56.9. The molecule has 0 radical (unpaired) electrons. The highest BCUT2D eigenvalue weighted by atomic mass is 16.8. The van der Waals surface area contributed by atoms with Crippen LogP contribution in [0.5, 0.6) is 0 Å². The Morgan fingerprint density at radius 1 is 0.160 bits per heavy atom. The van der Waals surface area contributed by atoms with E-state index < -0.39 is 261 Å². The Morgan fingerprint density at radius 2 is 0.333 bits per heavy atom. The van der Waals surface area contributed by atoms with Crippen LogP contribution in [-0.2, 0) is 75.8 Å². The minimum atomic E-state index is -2.16. The van der Waals surface area contributed by atoms with Crippen molar-refractivity contribution in [3.8, 4) is 0 Å². The molecule has 21 aliphatic rings. The highest BCUT2D eigenvalue weighted by Gasteiger charge is 2.66. The van der Waals surface area contributed by atoms with Gasteiger partial charge in [-0.05, 0) is 0 Å². The molecular formula is C42H66O33. The van der Waals surface area contributed by atoms with E-state index in [4.69, 9.17) is 75.8 Å². The molecule has 0 aromatic heterocycles. The third-order valence-electron chi connectivity index (χ3n) is 15.2. The van der Waals surface area contributed by atoms with E-state index in [1.807, 2.05) is 0 Å². The molecule has 21 saturated heterocycles. The van der Waals surface area contributed by atoms with Crippen molar-refractivity contribution >= 4 is 0 Å². The average Bonchev–Trinajstić information content (AvgIpc) is 4.37. The van der Waals surface area contributed by atoms with Crippen molar-refractivity contribution in [1.82, 2.24) is 0 Å². The molecule has 17 N–H and O–H groups in total. The Balaban J connectivity index is 0.908. The number of hydrogen-bond acceptors (Lipinski definition) is 33. The fraction of sp³-hybridized carbons (Fsp3) is 1.00. The topological polar surface area (TPSA) is 498 Å². The molecule has 432 valence electrons. The van der Waals surface area contributed by atoms with Crippen LogP contribution in [-0.4, -0.2) is 348 Å². The minimum absolute atomic E-state index is 0.700. The zero-order valence-electron chi connectivity index (χ0n) is 39.3. The van der Waals surface area contributed by atoms with Crippen LogP contribution < -0.4 is 0 Å². The first-order valence-corrected chi connectivity index (χ1v) is 24.5. The Labute approximate surface area is 423 Å². The summed E-state index contributed by atoms with van der Waals surface area (Å²) in [6.07, 6.45) is -58.2. The molecule has 0 unspecified atom stereocenters. The first-order chi connectivity index (χ1) is 36.0. The van der Waals surface area contributed by atoms with E-state index in [1.165, 1.54) is 0 Å². The molecule has 21 rings (SSSR count). The molecule has 0 spiro atoms. The molecule has 21 fully saturated rings. The number of fused-ring (bicyclic) bond motifs is 2. The average molecular weight is 1100 g/mol. The molecule has 0 saturated carbocycles. The lowest BCUT2D eigenvalue weighted by atomic mass is 9.95. The molecule has 0 aromatic carbocycles. The van der Waals surface area contributed by atoms with Gasteiger partial charge in [-0.25, -0.2) is 0 Å². The molecule has 0 aliphatic carbocycles. The van der Waals surface area contributed by atoms with E-state index >= 15 is 0 Å². The second kappa shape index (κ2) is 23.3. The van der Waals surface area contributed by atoms with Gasteiger partial charge in [0.2, 0.25) is 0 Å². The summed E-state index contributed by atoms with van der Waals surface area (Å²) in [6, 6.07) is 0. The number of rotatable bonds is 7. The molecule has 35 atom stereocenters. The van der Waals surface area contributed by atoms with Gasteiger partial charge in [-0.15, -0.1) is 0 Å². The first-order valence-electron chi connectivity index (χ1n) is 24.5. The third-order valence-corrected chi connectivity index (χ3v) is 15.2. The van der Waals surface area contributed by atoms with Gasteiger partial charge in [-0.2, -0.15) is 0 Å². The molecule has 21 heterocycles. The van der Waals surface area contributed by atoms with Crippen molar-refractivity contribution in [3.05, 3.63) is 0 Å². The van der Waals surface area contributed by atoms with Crippen LogP contribution in [0.15, 0.2) is 0 Å². The van der Waals surface area contributed by atoms with Gasteiger partial charge in [0.1, 0.15) is 171 Å². The van der Waals surface area contributed by atoms with Gasteiger partial charge in [0.15, 0.2) is 44.0 Å². The molecule has 75 heavy (non-hydrogen) atoms. The fourth-order valence-corrected chi connectivity index (χ4v) is 10.9. The number of aliphatic hydroxyl groups is 17. The highest BCUT2D eigenvalue weighted by Crippen LogP contribution is 2.46. The summed E-state index contributed by atoms with van der Waals surface area (Å²) in [4.78, 5) is 0. The van der Waals surface area contributed by atoms with Gasteiger partial charge < -0.3 is 163 Å². The van der Waals surface area contributed by atoms with Gasteiger partial charge in [-0.3, -0.25) is 0 Å². The molecular weight excluding hydrogens is 1030 g/mol. The predicted molar refractivity (Wildman–Crippen MR) is 222 cm³/mol. The number of aliphatic hydroxyl groups excluding tert-OH is 17. The smallest absolute Gasteiger partial charge is 0.187 e. The van der Waals surface area contributed by atoms with Gasteiger partial charge in [-0.1, -0.05) is 0 Å². The molecule has 21 aliphatic heterocycles. The van der Waals surface area contributed by atoms with Gasteiger partial charge in [0.05, 0.1) is 46.2 Å². The second-order valence-electron chi connectivity index (χ2n) is 19.8. The van der Waals surface area contributed by atoms with E-state index in [0.717, 1.165) is 0 Å². The van der Waals surface area contributed by atoms with Crippen molar-refractivity contribution in [3.63, 3.8) is 0 Å². The number of hydrogen-bond donors (Lipinski definition) is 17. The van der Waals surface area contributed by atoms with Crippen molar-refractivity contribution in [2.45, 2.75) is 215 Å².